The molecule has 1 aliphatic rings. The zero-order valence-electron chi connectivity index (χ0n) is 16.5. The van der Waals surface area contributed by atoms with Gasteiger partial charge in [-0.1, -0.05) is 18.2 Å². The number of hydrogen-bond donors (Lipinski definition) is 2. The fourth-order valence-electron chi connectivity index (χ4n) is 3.30. The van der Waals surface area contributed by atoms with E-state index in [1.807, 2.05) is 6.92 Å². The number of aromatic nitrogens is 2. The van der Waals surface area contributed by atoms with Gasteiger partial charge in [0.2, 0.25) is 15.9 Å². The Morgan fingerprint density at radius 2 is 1.83 bits per heavy atom. The molecule has 0 unspecified atom stereocenters. The van der Waals surface area contributed by atoms with Crippen molar-refractivity contribution in [2.75, 3.05) is 25.5 Å². The van der Waals surface area contributed by atoms with E-state index < -0.39 is 10.0 Å². The van der Waals surface area contributed by atoms with Gasteiger partial charge in [0.25, 0.3) is 5.91 Å². The number of amides is 2. The van der Waals surface area contributed by atoms with Crippen LogP contribution in [-0.4, -0.2) is 54.5 Å². The van der Waals surface area contributed by atoms with E-state index in [1.165, 1.54) is 11.4 Å². The van der Waals surface area contributed by atoms with Crippen molar-refractivity contribution >= 4 is 27.5 Å². The van der Waals surface area contributed by atoms with Gasteiger partial charge >= 0.3 is 0 Å². The van der Waals surface area contributed by atoms with Gasteiger partial charge in [-0.3, -0.25) is 14.3 Å². The van der Waals surface area contributed by atoms with Crippen LogP contribution in [-0.2, 0) is 21.4 Å². The molecule has 1 saturated heterocycles. The van der Waals surface area contributed by atoms with Crippen molar-refractivity contribution in [1.82, 2.24) is 19.4 Å². The van der Waals surface area contributed by atoms with Crippen molar-refractivity contribution in [3.63, 3.8) is 0 Å². The lowest BCUT2D eigenvalue weighted by Gasteiger charge is -2.30. The number of nitrogens with one attached hydrogen (secondary N) is 2. The van der Waals surface area contributed by atoms with Crippen molar-refractivity contribution in [2.45, 2.75) is 31.2 Å². The summed E-state index contributed by atoms with van der Waals surface area (Å²) in [6, 6.07) is 8.28. The van der Waals surface area contributed by atoms with Crippen LogP contribution in [0.15, 0.2) is 41.4 Å². The van der Waals surface area contributed by atoms with Crippen molar-refractivity contribution in [3.05, 3.63) is 42.2 Å². The number of sulfonamides is 1. The molecule has 156 valence electrons. The summed E-state index contributed by atoms with van der Waals surface area (Å²) in [6.45, 7) is 2.99. The number of aryl methyl sites for hydroxylation is 1. The first kappa shape index (κ1) is 21.0. The highest BCUT2D eigenvalue weighted by atomic mass is 32.2. The number of piperidine rings is 1. The molecule has 3 rings (SSSR count). The van der Waals surface area contributed by atoms with Crippen LogP contribution >= 0.6 is 0 Å². The highest BCUT2D eigenvalue weighted by Gasteiger charge is 2.32. The van der Waals surface area contributed by atoms with Crippen molar-refractivity contribution < 1.29 is 18.0 Å². The van der Waals surface area contributed by atoms with Gasteiger partial charge in [-0.25, -0.2) is 8.42 Å². The van der Waals surface area contributed by atoms with Gasteiger partial charge in [0.15, 0.2) is 5.69 Å². The smallest absolute Gasteiger partial charge is 0.273 e. The number of carbonyl (C=O) groups excluding carboxylic acids is 2. The molecule has 1 fully saturated rings. The second kappa shape index (κ2) is 8.75. The fraction of sp³-hybridized carbons (Fsp3) is 0.421. The first-order valence-corrected chi connectivity index (χ1v) is 11.0. The predicted molar refractivity (Wildman–Crippen MR) is 108 cm³/mol. The zero-order chi connectivity index (χ0) is 21.0. The molecule has 9 nitrogen and oxygen atoms in total. The number of carbonyl (C=O) groups is 2. The number of rotatable bonds is 6. The standard InChI is InChI=1S/C19H25N5O4S/c1-3-23-13-16(17(22-23)19(26)20-2)21-18(25)14-9-11-24(12-10-14)29(27,28)15-7-5-4-6-8-15/h4-8,13-14H,3,9-12H2,1-2H3,(H,20,26)(H,21,25). The van der Waals surface area contributed by atoms with Crippen molar-refractivity contribution in [3.8, 4) is 0 Å². The Labute approximate surface area is 170 Å². The first-order chi connectivity index (χ1) is 13.9. The lowest BCUT2D eigenvalue weighted by molar-refractivity contribution is -0.120. The largest absolute Gasteiger partial charge is 0.354 e. The highest BCUT2D eigenvalue weighted by molar-refractivity contribution is 7.89. The van der Waals surface area contributed by atoms with Gasteiger partial charge in [-0.15, -0.1) is 0 Å². The lowest BCUT2D eigenvalue weighted by atomic mass is 9.97. The molecule has 2 N–H and O–H groups in total. The Balaban J connectivity index is 1.65. The predicted octanol–water partition coefficient (Wildman–Crippen LogP) is 1.30. The number of benzene rings is 1. The maximum Gasteiger partial charge on any atom is 0.273 e. The summed E-state index contributed by atoms with van der Waals surface area (Å²) in [6.07, 6.45) is 2.45. The van der Waals surface area contributed by atoms with Gasteiger partial charge in [-0.2, -0.15) is 9.40 Å². The molecular weight excluding hydrogens is 394 g/mol. The molecule has 2 aromatic rings. The Kier molecular flexibility index (Phi) is 6.33. The Morgan fingerprint density at radius 1 is 1.17 bits per heavy atom. The molecule has 10 heteroatoms. The van der Waals surface area contributed by atoms with Crippen LogP contribution in [0.1, 0.15) is 30.3 Å². The molecule has 0 saturated carbocycles. The molecule has 1 aromatic carbocycles. The fourth-order valence-corrected chi connectivity index (χ4v) is 4.79. The molecule has 0 radical (unpaired) electrons. The van der Waals surface area contributed by atoms with E-state index in [4.69, 9.17) is 0 Å². The normalized spacial score (nSPS) is 15.8. The summed E-state index contributed by atoms with van der Waals surface area (Å²) in [5, 5.41) is 9.47. The van der Waals surface area contributed by atoms with Crippen LogP contribution in [0.2, 0.25) is 0 Å². The van der Waals surface area contributed by atoms with Crippen LogP contribution in [0, 0.1) is 5.92 Å². The van der Waals surface area contributed by atoms with Gasteiger partial charge in [0.05, 0.1) is 10.6 Å². The van der Waals surface area contributed by atoms with Crippen molar-refractivity contribution in [2.24, 2.45) is 5.92 Å². The van der Waals surface area contributed by atoms with E-state index in [2.05, 4.69) is 15.7 Å². The van der Waals surface area contributed by atoms with E-state index in [0.29, 0.717) is 25.1 Å². The molecule has 0 bridgehead atoms. The monoisotopic (exact) mass is 419 g/mol. The Bertz CT molecular complexity index is 979. The van der Waals surface area contributed by atoms with Crippen molar-refractivity contribution in [1.29, 1.82) is 0 Å². The van der Waals surface area contributed by atoms with E-state index in [9.17, 15) is 18.0 Å². The third-order valence-electron chi connectivity index (χ3n) is 4.99. The lowest BCUT2D eigenvalue weighted by Crippen LogP contribution is -2.41. The minimum Gasteiger partial charge on any atom is -0.354 e. The summed E-state index contributed by atoms with van der Waals surface area (Å²) in [5.41, 5.74) is 0.516. The number of nitrogens with zero attached hydrogens (tertiary/aromatic N) is 3. The highest BCUT2D eigenvalue weighted by Crippen LogP contribution is 2.25. The molecule has 1 aliphatic heterocycles. The molecule has 1 aromatic heterocycles. The topological polar surface area (TPSA) is 113 Å². The number of hydrogen-bond acceptors (Lipinski definition) is 5. The summed E-state index contributed by atoms with van der Waals surface area (Å²) in [5.74, 6) is -0.946. The minimum atomic E-state index is -3.56. The quantitative estimate of drug-likeness (QED) is 0.733. The molecule has 0 atom stereocenters. The van der Waals surface area contributed by atoms with Crippen LogP contribution < -0.4 is 10.6 Å². The average molecular weight is 420 g/mol. The molecule has 0 spiro atoms. The Morgan fingerprint density at radius 3 is 2.41 bits per heavy atom. The maximum absolute atomic E-state index is 12.7. The minimum absolute atomic E-state index is 0.159. The van der Waals surface area contributed by atoms with Crippen LogP contribution in [0.4, 0.5) is 5.69 Å². The molecular formula is C19H25N5O4S. The Hall–Kier alpha value is -2.72. The summed E-state index contributed by atoms with van der Waals surface area (Å²) < 4.78 is 28.4. The summed E-state index contributed by atoms with van der Waals surface area (Å²) in [7, 11) is -2.05. The SMILES string of the molecule is CCn1cc(NC(=O)C2CCN(S(=O)(=O)c3ccccc3)CC2)c(C(=O)NC)n1. The second-order valence-corrected chi connectivity index (χ2v) is 8.74. The van der Waals surface area contributed by atoms with Crippen LogP contribution in [0.25, 0.3) is 0 Å². The molecule has 29 heavy (non-hydrogen) atoms. The first-order valence-electron chi connectivity index (χ1n) is 9.52. The second-order valence-electron chi connectivity index (χ2n) is 6.81. The third-order valence-corrected chi connectivity index (χ3v) is 6.90. The molecule has 2 heterocycles. The average Bonchev–Trinajstić information content (AvgIpc) is 3.16. The van der Waals surface area contributed by atoms with E-state index >= 15 is 0 Å². The van der Waals surface area contributed by atoms with Gasteiger partial charge in [0, 0.05) is 38.8 Å². The van der Waals surface area contributed by atoms with Gasteiger partial charge in [-0.05, 0) is 31.9 Å². The molecule has 0 aliphatic carbocycles. The summed E-state index contributed by atoms with van der Waals surface area (Å²) >= 11 is 0. The summed E-state index contributed by atoms with van der Waals surface area (Å²) in [4.78, 5) is 25.0. The van der Waals surface area contributed by atoms with E-state index in [0.717, 1.165) is 0 Å². The zero-order valence-corrected chi connectivity index (χ0v) is 17.3. The third kappa shape index (κ3) is 4.48. The van der Waals surface area contributed by atoms with Crippen LogP contribution in [0.3, 0.4) is 0 Å². The van der Waals surface area contributed by atoms with Gasteiger partial charge in [0.1, 0.15) is 0 Å². The maximum atomic E-state index is 12.7. The van der Waals surface area contributed by atoms with E-state index in [-0.39, 0.29) is 41.4 Å². The van der Waals surface area contributed by atoms with Gasteiger partial charge < -0.3 is 10.6 Å². The van der Waals surface area contributed by atoms with E-state index in [1.54, 1.807) is 41.2 Å². The molecule has 2 amide bonds. The van der Waals surface area contributed by atoms with Crippen LogP contribution in [0.5, 0.6) is 0 Å². The number of anilines is 1.